The summed E-state index contributed by atoms with van der Waals surface area (Å²) in [6, 6.07) is 13.5. The molecule has 0 unspecified atom stereocenters. The number of rotatable bonds is 6. The zero-order chi connectivity index (χ0) is 21.4. The first kappa shape index (κ1) is 19.7. The quantitative estimate of drug-likeness (QED) is 0.775. The van der Waals surface area contributed by atoms with Gasteiger partial charge in [0.2, 0.25) is 18.6 Å². The lowest BCUT2D eigenvalue weighted by atomic mass is 9.88. The first-order valence-corrected chi connectivity index (χ1v) is 10.7. The highest BCUT2D eigenvalue weighted by Gasteiger charge is 2.43. The van der Waals surface area contributed by atoms with Gasteiger partial charge in [-0.05, 0) is 48.2 Å². The molecule has 0 bridgehead atoms. The molecule has 31 heavy (non-hydrogen) atoms. The summed E-state index contributed by atoms with van der Waals surface area (Å²) >= 11 is 0. The van der Waals surface area contributed by atoms with Gasteiger partial charge in [0.15, 0.2) is 11.5 Å². The van der Waals surface area contributed by atoms with Crippen molar-refractivity contribution in [3.63, 3.8) is 0 Å². The first-order chi connectivity index (χ1) is 15.1. The molecule has 2 amide bonds. The van der Waals surface area contributed by atoms with Gasteiger partial charge in [-0.3, -0.25) is 9.59 Å². The molecule has 1 aliphatic carbocycles. The van der Waals surface area contributed by atoms with Crippen molar-refractivity contribution in [1.29, 1.82) is 0 Å². The van der Waals surface area contributed by atoms with Crippen LogP contribution in [0.25, 0.3) is 0 Å². The fourth-order valence-electron chi connectivity index (χ4n) is 4.40. The molecule has 3 aliphatic rings. The van der Waals surface area contributed by atoms with Crippen LogP contribution in [0, 0.1) is 11.8 Å². The minimum absolute atomic E-state index is 0.0367. The molecule has 2 aromatic carbocycles. The van der Waals surface area contributed by atoms with Gasteiger partial charge in [-0.15, -0.1) is 0 Å². The molecule has 0 aromatic heterocycles. The maximum atomic E-state index is 13.2. The Bertz CT molecular complexity index is 986. The number of hydrogen-bond acceptors (Lipinski definition) is 5. The number of hydrogen-bond donors (Lipinski definition) is 1. The van der Waals surface area contributed by atoms with E-state index in [0.29, 0.717) is 25.4 Å². The van der Waals surface area contributed by atoms with Gasteiger partial charge in [-0.25, -0.2) is 0 Å². The molecule has 0 radical (unpaired) electrons. The summed E-state index contributed by atoms with van der Waals surface area (Å²) in [5, 5.41) is 3.06. The third-order valence-corrected chi connectivity index (χ3v) is 6.34. The van der Waals surface area contributed by atoms with Crippen LogP contribution in [0.2, 0.25) is 0 Å². The van der Waals surface area contributed by atoms with Crippen LogP contribution < -0.4 is 19.5 Å². The van der Waals surface area contributed by atoms with E-state index in [0.717, 1.165) is 35.5 Å². The second-order valence-electron chi connectivity index (χ2n) is 8.41. The standard InChI is InChI=1S/C24H26N2O5/c1-29-18-7-5-16(6-8-18)19-12-26(24(28)17-3-4-17)13-20(19)23(27)25-11-15-2-9-21-22(10-15)31-14-30-21/h2,5-10,17,19-20H,3-4,11-14H2,1H3,(H,25,27)/t19-,20-/m1/s1. The number of nitrogens with one attached hydrogen (secondary N) is 1. The molecule has 1 N–H and O–H groups in total. The van der Waals surface area contributed by atoms with Gasteiger partial charge in [0.25, 0.3) is 0 Å². The molecule has 2 heterocycles. The predicted molar refractivity (Wildman–Crippen MR) is 113 cm³/mol. The van der Waals surface area contributed by atoms with E-state index in [9.17, 15) is 9.59 Å². The smallest absolute Gasteiger partial charge is 0.231 e. The van der Waals surface area contributed by atoms with E-state index in [1.54, 1.807) is 7.11 Å². The maximum Gasteiger partial charge on any atom is 0.231 e. The summed E-state index contributed by atoms with van der Waals surface area (Å²) in [7, 11) is 1.63. The van der Waals surface area contributed by atoms with Gasteiger partial charge in [-0.2, -0.15) is 0 Å². The average molecular weight is 422 g/mol. The highest BCUT2D eigenvalue weighted by molar-refractivity contribution is 5.85. The van der Waals surface area contributed by atoms with Crippen molar-refractivity contribution in [2.45, 2.75) is 25.3 Å². The Hall–Kier alpha value is -3.22. The van der Waals surface area contributed by atoms with Crippen LogP contribution in [-0.2, 0) is 16.1 Å². The molecule has 7 heteroatoms. The predicted octanol–water partition coefficient (Wildman–Crippen LogP) is 2.69. The van der Waals surface area contributed by atoms with Crippen LogP contribution in [0.3, 0.4) is 0 Å². The summed E-state index contributed by atoms with van der Waals surface area (Å²) < 4.78 is 16.0. The average Bonchev–Trinajstić information content (AvgIpc) is 3.38. The molecule has 1 saturated carbocycles. The van der Waals surface area contributed by atoms with E-state index in [2.05, 4.69) is 5.32 Å². The molecule has 2 aromatic rings. The molecule has 2 fully saturated rings. The Morgan fingerprint density at radius 1 is 1.06 bits per heavy atom. The summed E-state index contributed by atoms with van der Waals surface area (Å²) in [4.78, 5) is 27.7. The van der Waals surface area contributed by atoms with Crippen molar-refractivity contribution in [1.82, 2.24) is 10.2 Å². The highest BCUT2D eigenvalue weighted by atomic mass is 16.7. The largest absolute Gasteiger partial charge is 0.497 e. The normalized spacial score (nSPS) is 21.8. The molecule has 1 saturated heterocycles. The molecular formula is C24H26N2O5. The summed E-state index contributed by atoms with van der Waals surface area (Å²) in [5.74, 6) is 2.16. The van der Waals surface area contributed by atoms with E-state index in [4.69, 9.17) is 14.2 Å². The van der Waals surface area contributed by atoms with Crippen LogP contribution in [0.5, 0.6) is 17.2 Å². The minimum atomic E-state index is -0.287. The zero-order valence-corrected chi connectivity index (χ0v) is 17.5. The van der Waals surface area contributed by atoms with Gasteiger partial charge in [-0.1, -0.05) is 18.2 Å². The summed E-state index contributed by atoms with van der Waals surface area (Å²) in [5.41, 5.74) is 2.00. The number of fused-ring (bicyclic) bond motifs is 1. The van der Waals surface area contributed by atoms with E-state index >= 15 is 0 Å². The third kappa shape index (κ3) is 4.04. The van der Waals surface area contributed by atoms with Crippen molar-refractivity contribution in [2.24, 2.45) is 11.8 Å². The number of carbonyl (C=O) groups excluding carboxylic acids is 2. The third-order valence-electron chi connectivity index (χ3n) is 6.34. The van der Waals surface area contributed by atoms with Crippen LogP contribution >= 0.6 is 0 Å². The van der Waals surface area contributed by atoms with Crippen molar-refractivity contribution in [2.75, 3.05) is 27.0 Å². The minimum Gasteiger partial charge on any atom is -0.497 e. The lowest BCUT2D eigenvalue weighted by Crippen LogP contribution is -2.35. The van der Waals surface area contributed by atoms with Crippen molar-refractivity contribution < 1.29 is 23.8 Å². The monoisotopic (exact) mass is 422 g/mol. The van der Waals surface area contributed by atoms with E-state index in [1.807, 2.05) is 47.4 Å². The summed E-state index contributed by atoms with van der Waals surface area (Å²) in [6.07, 6.45) is 1.92. The van der Waals surface area contributed by atoms with Crippen LogP contribution in [-0.4, -0.2) is 43.7 Å². The Labute approximate surface area is 181 Å². The first-order valence-electron chi connectivity index (χ1n) is 10.7. The topological polar surface area (TPSA) is 77.1 Å². The van der Waals surface area contributed by atoms with Crippen molar-refractivity contribution >= 4 is 11.8 Å². The van der Waals surface area contributed by atoms with Crippen LogP contribution in [0.15, 0.2) is 42.5 Å². The number of methoxy groups -OCH3 is 1. The molecule has 5 rings (SSSR count). The van der Waals surface area contributed by atoms with Gasteiger partial charge in [0, 0.05) is 31.5 Å². The molecule has 2 aliphatic heterocycles. The molecule has 0 spiro atoms. The number of amides is 2. The van der Waals surface area contributed by atoms with Gasteiger partial charge >= 0.3 is 0 Å². The Morgan fingerprint density at radius 3 is 2.58 bits per heavy atom. The van der Waals surface area contributed by atoms with Crippen LogP contribution in [0.1, 0.15) is 29.9 Å². The van der Waals surface area contributed by atoms with Gasteiger partial charge in [0.05, 0.1) is 13.0 Å². The van der Waals surface area contributed by atoms with E-state index < -0.39 is 0 Å². The molecule has 7 nitrogen and oxygen atoms in total. The number of carbonyl (C=O) groups is 2. The molecular weight excluding hydrogens is 396 g/mol. The molecule has 2 atom stereocenters. The fraction of sp³-hybridized carbons (Fsp3) is 0.417. The zero-order valence-electron chi connectivity index (χ0n) is 17.5. The number of nitrogens with zero attached hydrogens (tertiary/aromatic N) is 1. The second kappa shape index (κ2) is 8.13. The maximum absolute atomic E-state index is 13.2. The second-order valence-corrected chi connectivity index (χ2v) is 8.41. The van der Waals surface area contributed by atoms with E-state index in [-0.39, 0.29) is 36.4 Å². The number of benzene rings is 2. The van der Waals surface area contributed by atoms with E-state index in [1.165, 1.54) is 0 Å². The van der Waals surface area contributed by atoms with Gasteiger partial charge < -0.3 is 24.4 Å². The highest BCUT2D eigenvalue weighted by Crippen LogP contribution is 2.38. The molecule has 162 valence electrons. The van der Waals surface area contributed by atoms with Crippen molar-refractivity contribution in [3.05, 3.63) is 53.6 Å². The Balaban J connectivity index is 1.30. The van der Waals surface area contributed by atoms with Crippen LogP contribution in [0.4, 0.5) is 0 Å². The number of ether oxygens (including phenoxy) is 3. The summed E-state index contributed by atoms with van der Waals surface area (Å²) in [6.45, 7) is 1.66. The Kier molecular flexibility index (Phi) is 5.18. The lowest BCUT2D eigenvalue weighted by molar-refractivity contribution is -0.132. The SMILES string of the molecule is COc1ccc([C@H]2CN(C(=O)C3CC3)C[C@H]2C(=O)NCc2ccc3c(c2)OCO3)cc1. The van der Waals surface area contributed by atoms with Crippen molar-refractivity contribution in [3.8, 4) is 17.2 Å². The van der Waals surface area contributed by atoms with Gasteiger partial charge in [0.1, 0.15) is 5.75 Å². The fourth-order valence-corrected chi connectivity index (χ4v) is 4.40. The number of likely N-dealkylation sites (tertiary alicyclic amines) is 1. The lowest BCUT2D eigenvalue weighted by Gasteiger charge is -2.18. The Morgan fingerprint density at radius 2 is 1.84 bits per heavy atom.